The number of oxime groups is 1. The average molecular weight is 201 g/mol. The lowest BCUT2D eigenvalue weighted by Crippen LogP contribution is -2.45. The van der Waals surface area contributed by atoms with Crippen molar-refractivity contribution >= 4 is 5.84 Å². The van der Waals surface area contributed by atoms with Crippen LogP contribution in [0.1, 0.15) is 34.1 Å². The molecule has 84 valence electrons. The first-order valence-electron chi connectivity index (χ1n) is 4.99. The van der Waals surface area contributed by atoms with Crippen LogP contribution in [-0.2, 0) is 0 Å². The molecule has 0 saturated carbocycles. The molecule has 0 aromatic heterocycles. The molecule has 0 fully saturated rings. The zero-order valence-electron chi connectivity index (χ0n) is 9.91. The summed E-state index contributed by atoms with van der Waals surface area (Å²) in [5, 5.41) is 11.7. The Hall–Kier alpha value is -0.770. The van der Waals surface area contributed by atoms with Gasteiger partial charge in [-0.1, -0.05) is 32.9 Å². The second kappa shape index (κ2) is 5.20. The predicted molar refractivity (Wildman–Crippen MR) is 59.6 cm³/mol. The van der Waals surface area contributed by atoms with Crippen molar-refractivity contribution in [3.05, 3.63) is 0 Å². The Morgan fingerprint density at radius 3 is 2.29 bits per heavy atom. The first kappa shape index (κ1) is 13.2. The Morgan fingerprint density at radius 1 is 1.50 bits per heavy atom. The van der Waals surface area contributed by atoms with E-state index < -0.39 is 0 Å². The summed E-state index contributed by atoms with van der Waals surface area (Å²) in [5.74, 6) is 0.291. The Morgan fingerprint density at radius 2 is 2.00 bits per heavy atom. The molecule has 4 heteroatoms. The summed E-state index contributed by atoms with van der Waals surface area (Å²) in [5.41, 5.74) is 5.83. The maximum atomic E-state index is 8.62. The lowest BCUT2D eigenvalue weighted by molar-refractivity contribution is 0.197. The van der Waals surface area contributed by atoms with Gasteiger partial charge < -0.3 is 10.9 Å². The normalized spacial score (nSPS) is 16.0. The second-order valence-electron chi connectivity index (χ2n) is 4.92. The van der Waals surface area contributed by atoms with Crippen LogP contribution in [0.3, 0.4) is 0 Å². The van der Waals surface area contributed by atoms with Crippen molar-refractivity contribution < 1.29 is 5.21 Å². The fourth-order valence-corrected chi connectivity index (χ4v) is 1.67. The molecule has 0 radical (unpaired) electrons. The largest absolute Gasteiger partial charge is 0.409 e. The summed E-state index contributed by atoms with van der Waals surface area (Å²) in [6, 6.07) is 0.0271. The van der Waals surface area contributed by atoms with E-state index in [2.05, 4.69) is 30.8 Å². The maximum absolute atomic E-state index is 8.62. The molecule has 4 nitrogen and oxygen atoms in total. The molecule has 0 aliphatic heterocycles. The summed E-state index contributed by atoms with van der Waals surface area (Å²) in [7, 11) is 2.00. The smallest absolute Gasteiger partial charge is 0.156 e. The van der Waals surface area contributed by atoms with Crippen molar-refractivity contribution in [1.82, 2.24) is 4.90 Å². The molecular formula is C10H23N3O. The van der Waals surface area contributed by atoms with Crippen LogP contribution in [0.25, 0.3) is 0 Å². The van der Waals surface area contributed by atoms with Gasteiger partial charge in [0.25, 0.3) is 0 Å². The number of amidine groups is 1. The van der Waals surface area contributed by atoms with Gasteiger partial charge >= 0.3 is 0 Å². The molecule has 0 saturated heterocycles. The van der Waals surface area contributed by atoms with E-state index in [4.69, 9.17) is 10.9 Å². The average Bonchev–Trinajstić information content (AvgIpc) is 2.01. The molecule has 0 amide bonds. The lowest BCUT2D eigenvalue weighted by atomic mass is 9.95. The zero-order chi connectivity index (χ0) is 11.4. The van der Waals surface area contributed by atoms with Gasteiger partial charge in [-0.15, -0.1) is 0 Å². The van der Waals surface area contributed by atoms with Crippen molar-refractivity contribution in [3.8, 4) is 0 Å². The molecule has 0 rings (SSSR count). The summed E-state index contributed by atoms with van der Waals surface area (Å²) in [6.45, 7) is 9.46. The Labute approximate surface area is 86.8 Å². The SMILES string of the molecule is CCC(C(N)=NO)N(C)CC(C)(C)C. The number of likely N-dealkylation sites (N-methyl/N-ethyl adjacent to an activating group) is 1. The highest BCUT2D eigenvalue weighted by atomic mass is 16.4. The highest BCUT2D eigenvalue weighted by Crippen LogP contribution is 2.16. The maximum Gasteiger partial charge on any atom is 0.156 e. The van der Waals surface area contributed by atoms with E-state index in [9.17, 15) is 0 Å². The minimum atomic E-state index is 0.0271. The van der Waals surface area contributed by atoms with Gasteiger partial charge in [0, 0.05) is 6.54 Å². The molecule has 3 N–H and O–H groups in total. The van der Waals surface area contributed by atoms with Gasteiger partial charge in [-0.3, -0.25) is 4.90 Å². The van der Waals surface area contributed by atoms with E-state index in [-0.39, 0.29) is 11.5 Å². The van der Waals surface area contributed by atoms with Crippen molar-refractivity contribution in [1.29, 1.82) is 0 Å². The molecule has 14 heavy (non-hydrogen) atoms. The molecule has 0 aliphatic carbocycles. The summed E-state index contributed by atoms with van der Waals surface area (Å²) >= 11 is 0. The van der Waals surface area contributed by atoms with Crippen molar-refractivity contribution in [2.45, 2.75) is 40.2 Å². The lowest BCUT2D eigenvalue weighted by Gasteiger charge is -2.31. The van der Waals surface area contributed by atoms with Crippen LogP contribution < -0.4 is 5.73 Å². The number of nitrogens with two attached hydrogens (primary N) is 1. The quantitative estimate of drug-likeness (QED) is 0.313. The highest BCUT2D eigenvalue weighted by molar-refractivity contribution is 5.85. The number of hydrogen-bond acceptors (Lipinski definition) is 3. The van der Waals surface area contributed by atoms with Gasteiger partial charge in [-0.2, -0.15) is 0 Å². The Balaban J connectivity index is 4.40. The van der Waals surface area contributed by atoms with E-state index in [1.54, 1.807) is 0 Å². The van der Waals surface area contributed by atoms with Gasteiger partial charge in [-0.25, -0.2) is 0 Å². The Bertz CT molecular complexity index is 196. The van der Waals surface area contributed by atoms with Crippen LogP contribution in [0.15, 0.2) is 5.16 Å². The molecular weight excluding hydrogens is 178 g/mol. The molecule has 1 atom stereocenters. The molecule has 0 aromatic carbocycles. The molecule has 0 spiro atoms. The standard InChI is InChI=1S/C10H23N3O/c1-6-8(9(11)12-14)13(5)7-10(2,3)4/h8,14H,6-7H2,1-5H3,(H2,11,12). The first-order valence-corrected chi connectivity index (χ1v) is 4.99. The predicted octanol–water partition coefficient (Wildman–Crippen LogP) is 1.49. The van der Waals surface area contributed by atoms with E-state index in [1.807, 2.05) is 14.0 Å². The first-order chi connectivity index (χ1) is 6.31. The van der Waals surface area contributed by atoms with Crippen LogP contribution in [-0.4, -0.2) is 35.6 Å². The van der Waals surface area contributed by atoms with Crippen LogP contribution in [0, 0.1) is 5.41 Å². The molecule has 1 unspecified atom stereocenters. The molecule has 0 aliphatic rings. The van der Waals surface area contributed by atoms with Crippen molar-refractivity contribution in [2.75, 3.05) is 13.6 Å². The van der Waals surface area contributed by atoms with E-state index in [0.717, 1.165) is 13.0 Å². The van der Waals surface area contributed by atoms with Crippen molar-refractivity contribution in [3.63, 3.8) is 0 Å². The zero-order valence-corrected chi connectivity index (χ0v) is 9.91. The molecule has 0 heterocycles. The third kappa shape index (κ3) is 4.46. The van der Waals surface area contributed by atoms with Gasteiger partial charge in [0.2, 0.25) is 0 Å². The topological polar surface area (TPSA) is 61.9 Å². The van der Waals surface area contributed by atoms with Gasteiger partial charge in [0.15, 0.2) is 5.84 Å². The van der Waals surface area contributed by atoms with Crippen LogP contribution >= 0.6 is 0 Å². The minimum Gasteiger partial charge on any atom is -0.409 e. The third-order valence-corrected chi connectivity index (χ3v) is 2.10. The van der Waals surface area contributed by atoms with Crippen LogP contribution in [0.2, 0.25) is 0 Å². The summed E-state index contributed by atoms with van der Waals surface area (Å²) in [4.78, 5) is 2.12. The van der Waals surface area contributed by atoms with Gasteiger partial charge in [0.05, 0.1) is 6.04 Å². The summed E-state index contributed by atoms with van der Waals surface area (Å²) in [6.07, 6.45) is 0.850. The van der Waals surface area contributed by atoms with Gasteiger partial charge in [-0.05, 0) is 18.9 Å². The van der Waals surface area contributed by atoms with Crippen LogP contribution in [0.4, 0.5) is 0 Å². The fraction of sp³-hybridized carbons (Fsp3) is 0.900. The second-order valence-corrected chi connectivity index (χ2v) is 4.92. The van der Waals surface area contributed by atoms with Crippen molar-refractivity contribution in [2.24, 2.45) is 16.3 Å². The monoisotopic (exact) mass is 201 g/mol. The van der Waals surface area contributed by atoms with E-state index >= 15 is 0 Å². The third-order valence-electron chi connectivity index (χ3n) is 2.10. The van der Waals surface area contributed by atoms with Gasteiger partial charge in [0.1, 0.15) is 0 Å². The number of rotatable bonds is 4. The van der Waals surface area contributed by atoms with E-state index in [0.29, 0.717) is 5.84 Å². The summed E-state index contributed by atoms with van der Waals surface area (Å²) < 4.78 is 0. The minimum absolute atomic E-state index is 0.0271. The van der Waals surface area contributed by atoms with Crippen LogP contribution in [0.5, 0.6) is 0 Å². The fourth-order valence-electron chi connectivity index (χ4n) is 1.67. The highest BCUT2D eigenvalue weighted by Gasteiger charge is 2.22. The molecule has 0 bridgehead atoms. The molecule has 0 aromatic rings. The van der Waals surface area contributed by atoms with E-state index in [1.165, 1.54) is 0 Å². The number of nitrogens with zero attached hydrogens (tertiary/aromatic N) is 2. The number of hydrogen-bond donors (Lipinski definition) is 2. The Kier molecular flexibility index (Phi) is 4.91.